The predicted octanol–water partition coefficient (Wildman–Crippen LogP) is 3.80. The summed E-state index contributed by atoms with van der Waals surface area (Å²) in [7, 11) is 0. The van der Waals surface area contributed by atoms with E-state index in [4.69, 9.17) is 0 Å². The van der Waals surface area contributed by atoms with Crippen LogP contribution in [0.25, 0.3) is 0 Å². The Morgan fingerprint density at radius 3 is 2.96 bits per heavy atom. The first kappa shape index (κ1) is 18.0. The Hall–Kier alpha value is -1.79. The number of halogens is 1. The van der Waals surface area contributed by atoms with Crippen LogP contribution in [0.15, 0.2) is 29.6 Å². The van der Waals surface area contributed by atoms with E-state index in [-0.39, 0.29) is 17.8 Å². The zero-order valence-corrected chi connectivity index (χ0v) is 15.5. The fraction of sp³-hybridized carbons (Fsp3) is 0.474. The molecule has 0 bridgehead atoms. The third-order valence-corrected chi connectivity index (χ3v) is 5.59. The smallest absolute Gasteiger partial charge is 0.271 e. The van der Waals surface area contributed by atoms with Gasteiger partial charge in [0.2, 0.25) is 0 Å². The van der Waals surface area contributed by atoms with Crippen molar-refractivity contribution in [1.29, 1.82) is 0 Å². The number of carbonyl (C=O) groups is 1. The maximum atomic E-state index is 13.8. The second-order valence-electron chi connectivity index (χ2n) is 6.86. The lowest BCUT2D eigenvalue weighted by Crippen LogP contribution is -2.47. The van der Waals surface area contributed by atoms with E-state index in [2.05, 4.69) is 29.0 Å². The van der Waals surface area contributed by atoms with E-state index < -0.39 is 0 Å². The van der Waals surface area contributed by atoms with Crippen molar-refractivity contribution in [1.82, 2.24) is 15.2 Å². The van der Waals surface area contributed by atoms with Crippen molar-refractivity contribution in [2.24, 2.45) is 0 Å². The Balaban J connectivity index is 1.57. The highest BCUT2D eigenvalue weighted by molar-refractivity contribution is 7.09. The van der Waals surface area contributed by atoms with Crippen LogP contribution in [0.5, 0.6) is 0 Å². The highest BCUT2D eigenvalue weighted by atomic mass is 32.1. The van der Waals surface area contributed by atoms with Crippen LogP contribution in [0, 0.1) is 5.82 Å². The zero-order valence-electron chi connectivity index (χ0n) is 14.7. The molecular weight excluding hydrogens is 337 g/mol. The topological polar surface area (TPSA) is 45.2 Å². The number of nitrogens with zero attached hydrogens (tertiary/aromatic N) is 2. The SMILES string of the molecule is CC(C)c1nc(C(=O)NC2CCCN(Cc3ccccc3F)C2)cs1. The normalized spacial score (nSPS) is 18.5. The molecular formula is C19H24FN3OS. The molecule has 0 aliphatic carbocycles. The molecule has 2 heterocycles. The largest absolute Gasteiger partial charge is 0.347 e. The first-order valence-corrected chi connectivity index (χ1v) is 9.63. The number of nitrogens with one attached hydrogen (secondary N) is 1. The van der Waals surface area contributed by atoms with Gasteiger partial charge in [-0.15, -0.1) is 11.3 Å². The Bertz CT molecular complexity index is 731. The van der Waals surface area contributed by atoms with E-state index in [9.17, 15) is 9.18 Å². The number of carbonyl (C=O) groups excluding carboxylic acids is 1. The van der Waals surface area contributed by atoms with E-state index >= 15 is 0 Å². The standard InChI is InChI=1S/C19H24FN3OS/c1-13(2)19-22-17(12-25-19)18(24)21-15-7-5-9-23(11-15)10-14-6-3-4-8-16(14)20/h3-4,6,8,12-13,15H,5,7,9-11H2,1-2H3,(H,21,24). The Morgan fingerprint density at radius 1 is 1.44 bits per heavy atom. The molecule has 2 aromatic rings. The number of hydrogen-bond donors (Lipinski definition) is 1. The molecule has 1 saturated heterocycles. The molecule has 1 aliphatic rings. The van der Waals surface area contributed by atoms with E-state index in [0.29, 0.717) is 23.7 Å². The summed E-state index contributed by atoms with van der Waals surface area (Å²) < 4.78 is 13.8. The van der Waals surface area contributed by atoms with Crippen molar-refractivity contribution in [2.45, 2.75) is 45.2 Å². The molecule has 1 aromatic heterocycles. The Kier molecular flexibility index (Phi) is 5.81. The summed E-state index contributed by atoms with van der Waals surface area (Å²) in [5, 5.41) is 5.89. The van der Waals surface area contributed by atoms with Gasteiger partial charge in [-0.25, -0.2) is 9.37 Å². The minimum atomic E-state index is -0.169. The molecule has 1 N–H and O–H groups in total. The van der Waals surface area contributed by atoms with Gasteiger partial charge >= 0.3 is 0 Å². The quantitative estimate of drug-likeness (QED) is 0.881. The van der Waals surface area contributed by atoms with Crippen LogP contribution >= 0.6 is 11.3 Å². The van der Waals surface area contributed by atoms with Crippen LogP contribution in [0.2, 0.25) is 0 Å². The maximum Gasteiger partial charge on any atom is 0.271 e. The van der Waals surface area contributed by atoms with Crippen LogP contribution < -0.4 is 5.32 Å². The average Bonchev–Trinajstić information content (AvgIpc) is 3.08. The molecule has 3 rings (SSSR count). The van der Waals surface area contributed by atoms with Gasteiger partial charge in [0.25, 0.3) is 5.91 Å². The lowest BCUT2D eigenvalue weighted by molar-refractivity contribution is 0.0895. The summed E-state index contributed by atoms with van der Waals surface area (Å²) in [6.07, 6.45) is 1.94. The molecule has 1 amide bonds. The fourth-order valence-corrected chi connectivity index (χ4v) is 3.92. The summed E-state index contributed by atoms with van der Waals surface area (Å²) in [5.74, 6) is 0.0516. The lowest BCUT2D eigenvalue weighted by atomic mass is 10.0. The van der Waals surface area contributed by atoms with Crippen molar-refractivity contribution < 1.29 is 9.18 Å². The van der Waals surface area contributed by atoms with Crippen LogP contribution in [-0.2, 0) is 6.54 Å². The van der Waals surface area contributed by atoms with Gasteiger partial charge < -0.3 is 5.32 Å². The third-order valence-electron chi connectivity index (χ3n) is 4.44. The lowest BCUT2D eigenvalue weighted by Gasteiger charge is -2.33. The average molecular weight is 361 g/mol. The van der Waals surface area contributed by atoms with Gasteiger partial charge in [0.15, 0.2) is 0 Å². The fourth-order valence-electron chi connectivity index (χ4n) is 3.10. The van der Waals surface area contributed by atoms with E-state index in [1.54, 1.807) is 6.07 Å². The van der Waals surface area contributed by atoms with Crippen LogP contribution in [0.4, 0.5) is 4.39 Å². The first-order valence-electron chi connectivity index (χ1n) is 8.75. The first-order chi connectivity index (χ1) is 12.0. The minimum absolute atomic E-state index is 0.0808. The highest BCUT2D eigenvalue weighted by Crippen LogP contribution is 2.20. The molecule has 1 aliphatic heterocycles. The van der Waals surface area contributed by atoms with Crippen molar-refractivity contribution in [3.63, 3.8) is 0 Å². The van der Waals surface area contributed by atoms with E-state index in [1.807, 2.05) is 17.5 Å². The number of piperidine rings is 1. The van der Waals surface area contributed by atoms with Crippen LogP contribution in [0.3, 0.4) is 0 Å². The Morgan fingerprint density at radius 2 is 2.24 bits per heavy atom. The molecule has 6 heteroatoms. The van der Waals surface area contributed by atoms with E-state index in [1.165, 1.54) is 17.4 Å². The summed E-state index contributed by atoms with van der Waals surface area (Å²) >= 11 is 1.53. The third kappa shape index (κ3) is 4.64. The zero-order chi connectivity index (χ0) is 17.8. The van der Waals surface area contributed by atoms with Crippen LogP contribution in [-0.4, -0.2) is 34.9 Å². The number of benzene rings is 1. The number of likely N-dealkylation sites (tertiary alicyclic amines) is 1. The second kappa shape index (κ2) is 8.06. The van der Waals surface area contributed by atoms with Crippen LogP contribution in [0.1, 0.15) is 53.7 Å². The van der Waals surface area contributed by atoms with Gasteiger partial charge in [0.1, 0.15) is 11.5 Å². The molecule has 0 spiro atoms. The summed E-state index contributed by atoms with van der Waals surface area (Å²) in [6.45, 7) is 6.38. The number of aromatic nitrogens is 1. The van der Waals surface area contributed by atoms with Gasteiger partial charge in [-0.2, -0.15) is 0 Å². The number of hydrogen-bond acceptors (Lipinski definition) is 4. The van der Waals surface area contributed by atoms with Gasteiger partial charge in [0.05, 0.1) is 5.01 Å². The molecule has 1 fully saturated rings. The summed E-state index contributed by atoms with van der Waals surface area (Å²) in [5.41, 5.74) is 1.20. The van der Waals surface area contributed by atoms with Gasteiger partial charge in [-0.05, 0) is 25.5 Å². The molecule has 134 valence electrons. The predicted molar refractivity (Wildman–Crippen MR) is 98.4 cm³/mol. The van der Waals surface area contributed by atoms with Gasteiger partial charge in [0, 0.05) is 36.0 Å². The van der Waals surface area contributed by atoms with Crippen molar-refractivity contribution in [3.8, 4) is 0 Å². The van der Waals surface area contributed by atoms with Gasteiger partial charge in [-0.1, -0.05) is 32.0 Å². The highest BCUT2D eigenvalue weighted by Gasteiger charge is 2.23. The summed E-state index contributed by atoms with van der Waals surface area (Å²) in [4.78, 5) is 19.0. The molecule has 1 unspecified atom stereocenters. The molecule has 4 nitrogen and oxygen atoms in total. The number of amides is 1. The van der Waals surface area contributed by atoms with Gasteiger partial charge in [-0.3, -0.25) is 9.69 Å². The van der Waals surface area contributed by atoms with Crippen molar-refractivity contribution in [3.05, 3.63) is 51.7 Å². The van der Waals surface area contributed by atoms with Crippen molar-refractivity contribution in [2.75, 3.05) is 13.1 Å². The molecule has 0 saturated carbocycles. The second-order valence-corrected chi connectivity index (χ2v) is 7.75. The summed E-state index contributed by atoms with van der Waals surface area (Å²) in [6, 6.07) is 6.96. The van der Waals surface area contributed by atoms with E-state index in [0.717, 1.165) is 30.9 Å². The number of rotatable bonds is 5. The maximum absolute atomic E-state index is 13.8. The molecule has 1 atom stereocenters. The molecule has 1 aromatic carbocycles. The molecule has 25 heavy (non-hydrogen) atoms. The monoisotopic (exact) mass is 361 g/mol. The minimum Gasteiger partial charge on any atom is -0.347 e. The number of thiazole rings is 1. The molecule has 0 radical (unpaired) electrons. The Labute approximate surface area is 152 Å². The van der Waals surface area contributed by atoms with Crippen molar-refractivity contribution >= 4 is 17.2 Å².